The Kier molecular flexibility index (Phi) is 5.20. The molecule has 1 saturated carbocycles. The number of terminal acetylenes is 1. The molecule has 0 bridgehead atoms. The van der Waals surface area contributed by atoms with Gasteiger partial charge in [-0.3, -0.25) is 9.69 Å². The molecule has 3 nitrogen and oxygen atoms in total. The van der Waals surface area contributed by atoms with Crippen LogP contribution in [0, 0.1) is 12.3 Å². The van der Waals surface area contributed by atoms with Crippen LogP contribution in [0.3, 0.4) is 0 Å². The Balaban J connectivity index is 2.40. The molecule has 0 unspecified atom stereocenters. The van der Waals surface area contributed by atoms with Gasteiger partial charge in [0, 0.05) is 12.6 Å². The fourth-order valence-electron chi connectivity index (χ4n) is 2.19. The van der Waals surface area contributed by atoms with Crippen LogP contribution in [-0.4, -0.2) is 35.1 Å². The molecule has 0 aromatic carbocycles. The highest BCUT2D eigenvalue weighted by molar-refractivity contribution is 5.66. The predicted octanol–water partition coefficient (Wildman–Crippen LogP) is 1.73. The van der Waals surface area contributed by atoms with Crippen molar-refractivity contribution in [2.45, 2.75) is 44.6 Å². The SMILES string of the molecule is C#CCN(CCC(=O)O)C1CCCCC1. The van der Waals surface area contributed by atoms with E-state index in [1.807, 2.05) is 0 Å². The molecule has 1 aliphatic rings. The summed E-state index contributed by atoms with van der Waals surface area (Å²) in [5.41, 5.74) is 0. The van der Waals surface area contributed by atoms with Crippen LogP contribution in [0.2, 0.25) is 0 Å². The summed E-state index contributed by atoms with van der Waals surface area (Å²) in [7, 11) is 0. The van der Waals surface area contributed by atoms with E-state index in [0.717, 1.165) is 0 Å². The first-order chi connectivity index (χ1) is 7.24. The van der Waals surface area contributed by atoms with Gasteiger partial charge in [0.25, 0.3) is 0 Å². The van der Waals surface area contributed by atoms with E-state index >= 15 is 0 Å². The van der Waals surface area contributed by atoms with Gasteiger partial charge in [0.1, 0.15) is 0 Å². The lowest BCUT2D eigenvalue weighted by atomic mass is 9.94. The van der Waals surface area contributed by atoms with Crippen molar-refractivity contribution in [1.29, 1.82) is 0 Å². The van der Waals surface area contributed by atoms with Crippen LogP contribution >= 0.6 is 0 Å². The Morgan fingerprint density at radius 1 is 1.40 bits per heavy atom. The second kappa shape index (κ2) is 6.47. The summed E-state index contributed by atoms with van der Waals surface area (Å²) in [6.45, 7) is 1.17. The number of carboxylic acids is 1. The summed E-state index contributed by atoms with van der Waals surface area (Å²) in [4.78, 5) is 12.7. The van der Waals surface area contributed by atoms with Crippen molar-refractivity contribution in [3.8, 4) is 12.3 Å². The molecule has 0 saturated heterocycles. The summed E-state index contributed by atoms with van der Waals surface area (Å²) in [6.07, 6.45) is 11.6. The Labute approximate surface area is 91.5 Å². The highest BCUT2D eigenvalue weighted by Crippen LogP contribution is 2.22. The van der Waals surface area contributed by atoms with Gasteiger partial charge >= 0.3 is 5.97 Å². The minimum absolute atomic E-state index is 0.193. The van der Waals surface area contributed by atoms with Gasteiger partial charge in [0.2, 0.25) is 0 Å². The quantitative estimate of drug-likeness (QED) is 0.701. The molecule has 84 valence electrons. The number of aliphatic carboxylic acids is 1. The van der Waals surface area contributed by atoms with E-state index in [9.17, 15) is 4.79 Å². The normalized spacial score (nSPS) is 17.6. The zero-order valence-corrected chi connectivity index (χ0v) is 9.11. The van der Waals surface area contributed by atoms with E-state index in [0.29, 0.717) is 19.1 Å². The number of carboxylic acid groups (broad SMARTS) is 1. The highest BCUT2D eigenvalue weighted by atomic mass is 16.4. The number of rotatable bonds is 5. The van der Waals surface area contributed by atoms with Gasteiger partial charge in [-0.25, -0.2) is 0 Å². The second-order valence-corrected chi connectivity index (χ2v) is 4.11. The van der Waals surface area contributed by atoms with Crippen molar-refractivity contribution >= 4 is 5.97 Å². The lowest BCUT2D eigenvalue weighted by Crippen LogP contribution is -2.38. The van der Waals surface area contributed by atoms with Crippen molar-refractivity contribution in [1.82, 2.24) is 4.90 Å². The second-order valence-electron chi connectivity index (χ2n) is 4.11. The van der Waals surface area contributed by atoms with Crippen LogP contribution in [0.5, 0.6) is 0 Å². The molecule has 15 heavy (non-hydrogen) atoms. The van der Waals surface area contributed by atoms with Crippen LogP contribution in [-0.2, 0) is 4.79 Å². The molecule has 1 fully saturated rings. The predicted molar refractivity (Wildman–Crippen MR) is 59.5 cm³/mol. The van der Waals surface area contributed by atoms with Gasteiger partial charge in [-0.05, 0) is 12.8 Å². The Morgan fingerprint density at radius 3 is 2.60 bits per heavy atom. The first kappa shape index (κ1) is 12.1. The smallest absolute Gasteiger partial charge is 0.304 e. The fraction of sp³-hybridized carbons (Fsp3) is 0.750. The van der Waals surface area contributed by atoms with Crippen LogP contribution in [0.1, 0.15) is 38.5 Å². The third-order valence-electron chi connectivity index (χ3n) is 3.00. The van der Waals surface area contributed by atoms with Gasteiger partial charge in [-0.1, -0.05) is 25.2 Å². The molecular weight excluding hydrogens is 190 g/mol. The zero-order chi connectivity index (χ0) is 11.1. The average Bonchev–Trinajstić information content (AvgIpc) is 2.25. The average molecular weight is 209 g/mol. The summed E-state index contributed by atoms with van der Waals surface area (Å²) in [6, 6.07) is 0.508. The standard InChI is InChI=1S/C12H19NO2/c1-2-9-13(10-8-12(14)15)11-6-4-3-5-7-11/h1,11H,3-10H2,(H,14,15). The molecule has 0 aromatic rings. The topological polar surface area (TPSA) is 40.5 Å². The lowest BCUT2D eigenvalue weighted by molar-refractivity contribution is -0.137. The Hall–Kier alpha value is -1.01. The first-order valence-corrected chi connectivity index (χ1v) is 5.63. The zero-order valence-electron chi connectivity index (χ0n) is 9.11. The molecule has 0 atom stereocenters. The van der Waals surface area contributed by atoms with E-state index in [4.69, 9.17) is 11.5 Å². The van der Waals surface area contributed by atoms with E-state index in [1.165, 1.54) is 32.1 Å². The maximum absolute atomic E-state index is 10.5. The van der Waals surface area contributed by atoms with Crippen LogP contribution in [0.15, 0.2) is 0 Å². The van der Waals surface area contributed by atoms with Crippen molar-refractivity contribution < 1.29 is 9.90 Å². The van der Waals surface area contributed by atoms with Crippen molar-refractivity contribution in [2.24, 2.45) is 0 Å². The monoisotopic (exact) mass is 209 g/mol. The summed E-state index contributed by atoms with van der Waals surface area (Å²) in [5, 5.41) is 8.65. The molecule has 1 aliphatic carbocycles. The lowest BCUT2D eigenvalue weighted by Gasteiger charge is -2.32. The first-order valence-electron chi connectivity index (χ1n) is 5.63. The summed E-state index contributed by atoms with van der Waals surface area (Å²) in [5.74, 6) is 1.88. The van der Waals surface area contributed by atoms with Gasteiger partial charge in [-0.15, -0.1) is 6.42 Å². The number of hydrogen-bond acceptors (Lipinski definition) is 2. The molecule has 0 heterocycles. The van der Waals surface area contributed by atoms with Crippen LogP contribution < -0.4 is 0 Å². The largest absolute Gasteiger partial charge is 0.481 e. The van der Waals surface area contributed by atoms with Crippen LogP contribution in [0.25, 0.3) is 0 Å². The molecule has 3 heteroatoms. The van der Waals surface area contributed by atoms with Gasteiger partial charge in [-0.2, -0.15) is 0 Å². The maximum Gasteiger partial charge on any atom is 0.304 e. The van der Waals surface area contributed by atoms with Crippen molar-refractivity contribution in [3.63, 3.8) is 0 Å². The van der Waals surface area contributed by atoms with E-state index < -0.39 is 5.97 Å². The molecule has 0 spiro atoms. The third-order valence-corrected chi connectivity index (χ3v) is 3.00. The summed E-state index contributed by atoms with van der Waals surface area (Å²) < 4.78 is 0. The highest BCUT2D eigenvalue weighted by Gasteiger charge is 2.20. The minimum atomic E-state index is -0.743. The van der Waals surface area contributed by atoms with Gasteiger partial charge in [0.05, 0.1) is 13.0 Å². The number of nitrogens with zero attached hydrogens (tertiary/aromatic N) is 1. The molecule has 0 aliphatic heterocycles. The molecule has 1 N–H and O–H groups in total. The molecule has 1 rings (SSSR count). The number of hydrogen-bond donors (Lipinski definition) is 1. The van der Waals surface area contributed by atoms with E-state index in [-0.39, 0.29) is 6.42 Å². The van der Waals surface area contributed by atoms with Gasteiger partial charge in [0.15, 0.2) is 0 Å². The van der Waals surface area contributed by atoms with E-state index in [2.05, 4.69) is 10.8 Å². The third kappa shape index (κ3) is 4.35. The van der Waals surface area contributed by atoms with E-state index in [1.54, 1.807) is 0 Å². The summed E-state index contributed by atoms with van der Waals surface area (Å²) >= 11 is 0. The van der Waals surface area contributed by atoms with Gasteiger partial charge < -0.3 is 5.11 Å². The number of carbonyl (C=O) groups is 1. The molecule has 0 amide bonds. The van der Waals surface area contributed by atoms with Crippen molar-refractivity contribution in [2.75, 3.05) is 13.1 Å². The Morgan fingerprint density at radius 2 is 2.07 bits per heavy atom. The molecule has 0 aromatic heterocycles. The van der Waals surface area contributed by atoms with Crippen LogP contribution in [0.4, 0.5) is 0 Å². The Bertz CT molecular complexity index is 238. The molecule has 0 radical (unpaired) electrons. The van der Waals surface area contributed by atoms with Crippen molar-refractivity contribution in [3.05, 3.63) is 0 Å². The molecular formula is C12H19NO2. The minimum Gasteiger partial charge on any atom is -0.481 e. The maximum atomic E-state index is 10.5. The fourth-order valence-corrected chi connectivity index (χ4v) is 2.19.